The standard InChI is InChI=1S/C22H31N3OS/c1-23(16-18-7-6-13-24-10-3-2-8-20(18)24)22(26)15-21(19-9-14-27-17-19)25-11-4-5-12-25/h4-5,9,11-12,14,17-18,20-21H,2-3,6-8,10,13,15-16H2,1H3/t18-,20+,21?/m0/s1. The summed E-state index contributed by atoms with van der Waals surface area (Å²) in [7, 11) is 2.00. The molecule has 3 atom stereocenters. The van der Waals surface area contributed by atoms with E-state index in [2.05, 4.69) is 38.7 Å². The summed E-state index contributed by atoms with van der Waals surface area (Å²) in [5.41, 5.74) is 1.23. The lowest BCUT2D eigenvalue weighted by molar-refractivity contribution is -0.131. The van der Waals surface area contributed by atoms with Gasteiger partial charge in [0.2, 0.25) is 5.91 Å². The fourth-order valence-electron chi connectivity index (χ4n) is 4.98. The number of rotatable bonds is 6. The van der Waals surface area contributed by atoms with Crippen LogP contribution in [0.4, 0.5) is 0 Å². The second kappa shape index (κ2) is 8.61. The zero-order valence-electron chi connectivity index (χ0n) is 16.3. The summed E-state index contributed by atoms with van der Waals surface area (Å²) in [6, 6.07) is 7.00. The number of carbonyl (C=O) groups is 1. The molecular weight excluding hydrogens is 354 g/mol. The smallest absolute Gasteiger partial charge is 0.224 e. The van der Waals surface area contributed by atoms with Gasteiger partial charge in [-0.25, -0.2) is 0 Å². The van der Waals surface area contributed by atoms with Gasteiger partial charge in [0, 0.05) is 32.0 Å². The van der Waals surface area contributed by atoms with E-state index in [1.807, 2.05) is 24.1 Å². The highest BCUT2D eigenvalue weighted by atomic mass is 32.1. The van der Waals surface area contributed by atoms with Gasteiger partial charge in [-0.15, -0.1) is 0 Å². The Hall–Kier alpha value is -1.59. The van der Waals surface area contributed by atoms with Crippen molar-refractivity contribution < 1.29 is 4.79 Å². The number of aromatic nitrogens is 1. The minimum Gasteiger partial charge on any atom is -0.346 e. The maximum Gasteiger partial charge on any atom is 0.224 e. The van der Waals surface area contributed by atoms with E-state index < -0.39 is 0 Å². The number of thiophene rings is 1. The average molecular weight is 386 g/mol. The molecule has 1 amide bonds. The molecule has 4 rings (SSSR count). The van der Waals surface area contributed by atoms with Gasteiger partial charge in [0.05, 0.1) is 12.5 Å². The first-order valence-corrected chi connectivity index (χ1v) is 11.3. The molecule has 2 aromatic heterocycles. The predicted molar refractivity (Wildman–Crippen MR) is 111 cm³/mol. The molecule has 0 aliphatic carbocycles. The highest BCUT2D eigenvalue weighted by Crippen LogP contribution is 2.32. The molecule has 0 N–H and O–H groups in total. The van der Waals surface area contributed by atoms with Gasteiger partial charge in [0.1, 0.15) is 0 Å². The van der Waals surface area contributed by atoms with E-state index in [9.17, 15) is 4.79 Å². The van der Waals surface area contributed by atoms with Crippen molar-refractivity contribution in [3.63, 3.8) is 0 Å². The van der Waals surface area contributed by atoms with Crippen LogP contribution < -0.4 is 0 Å². The molecule has 0 spiro atoms. The van der Waals surface area contributed by atoms with Crippen molar-refractivity contribution in [2.45, 2.75) is 50.6 Å². The SMILES string of the molecule is CN(C[C@@H]1CCCN2CCCC[C@H]12)C(=O)CC(c1ccsc1)n1cccc1. The number of nitrogens with zero attached hydrogens (tertiary/aromatic N) is 3. The molecule has 2 fully saturated rings. The topological polar surface area (TPSA) is 28.5 Å². The van der Waals surface area contributed by atoms with Crippen molar-refractivity contribution in [2.75, 3.05) is 26.7 Å². The van der Waals surface area contributed by atoms with Gasteiger partial charge in [-0.1, -0.05) is 6.42 Å². The minimum atomic E-state index is 0.0961. The first-order chi connectivity index (χ1) is 13.2. The van der Waals surface area contributed by atoms with Crippen molar-refractivity contribution in [2.24, 2.45) is 5.92 Å². The van der Waals surface area contributed by atoms with Crippen LogP contribution >= 0.6 is 11.3 Å². The summed E-state index contributed by atoms with van der Waals surface area (Å²) in [4.78, 5) is 17.8. The summed E-state index contributed by atoms with van der Waals surface area (Å²) in [6.07, 6.45) is 11.2. The Bertz CT molecular complexity index is 676. The Balaban J connectivity index is 1.41. The third-order valence-electron chi connectivity index (χ3n) is 6.45. The largest absolute Gasteiger partial charge is 0.346 e. The second-order valence-electron chi connectivity index (χ2n) is 8.18. The molecule has 0 saturated carbocycles. The van der Waals surface area contributed by atoms with Crippen molar-refractivity contribution in [3.05, 3.63) is 46.9 Å². The maximum atomic E-state index is 13.1. The Kier molecular flexibility index (Phi) is 5.98. The van der Waals surface area contributed by atoms with Crippen molar-refractivity contribution >= 4 is 17.2 Å². The fraction of sp³-hybridized carbons (Fsp3) is 0.591. The molecule has 2 aromatic rings. The van der Waals surface area contributed by atoms with E-state index in [-0.39, 0.29) is 11.9 Å². The minimum absolute atomic E-state index is 0.0961. The number of amides is 1. The Morgan fingerprint density at radius 3 is 2.81 bits per heavy atom. The molecule has 1 unspecified atom stereocenters. The van der Waals surface area contributed by atoms with Crippen molar-refractivity contribution in [1.29, 1.82) is 0 Å². The Morgan fingerprint density at radius 1 is 1.22 bits per heavy atom. The van der Waals surface area contributed by atoms with Gasteiger partial charge in [-0.3, -0.25) is 4.79 Å². The summed E-state index contributed by atoms with van der Waals surface area (Å²) in [6.45, 7) is 3.42. The van der Waals surface area contributed by atoms with Crippen LogP contribution in [0.15, 0.2) is 41.4 Å². The fourth-order valence-corrected chi connectivity index (χ4v) is 5.69. The number of hydrogen-bond acceptors (Lipinski definition) is 3. The highest BCUT2D eigenvalue weighted by molar-refractivity contribution is 7.08. The van der Waals surface area contributed by atoms with Crippen LogP contribution in [0.1, 0.15) is 50.1 Å². The highest BCUT2D eigenvalue weighted by Gasteiger charge is 2.34. The molecule has 0 aromatic carbocycles. The van der Waals surface area contributed by atoms with Gasteiger partial charge >= 0.3 is 0 Å². The average Bonchev–Trinajstić information content (AvgIpc) is 3.40. The van der Waals surface area contributed by atoms with Gasteiger partial charge in [-0.05, 0) is 79.2 Å². The first-order valence-electron chi connectivity index (χ1n) is 10.3. The molecule has 5 heteroatoms. The lowest BCUT2D eigenvalue weighted by Crippen LogP contribution is -2.51. The molecule has 27 heavy (non-hydrogen) atoms. The van der Waals surface area contributed by atoms with Gasteiger partial charge in [0.15, 0.2) is 0 Å². The molecule has 2 saturated heterocycles. The number of hydrogen-bond donors (Lipinski definition) is 0. The van der Waals surface area contributed by atoms with Crippen LogP contribution in [-0.2, 0) is 4.79 Å². The van der Waals surface area contributed by atoms with Crippen LogP contribution in [0.25, 0.3) is 0 Å². The van der Waals surface area contributed by atoms with E-state index in [1.54, 1.807) is 11.3 Å². The monoisotopic (exact) mass is 385 g/mol. The normalized spacial score (nSPS) is 24.3. The summed E-state index contributed by atoms with van der Waals surface area (Å²) in [5, 5.41) is 4.26. The van der Waals surface area contributed by atoms with Crippen molar-refractivity contribution in [1.82, 2.24) is 14.4 Å². The number of fused-ring (bicyclic) bond motifs is 1. The Labute approximate surface area is 166 Å². The summed E-state index contributed by atoms with van der Waals surface area (Å²) < 4.78 is 2.16. The quantitative estimate of drug-likeness (QED) is 0.744. The van der Waals surface area contributed by atoms with Crippen molar-refractivity contribution in [3.8, 4) is 0 Å². The van der Waals surface area contributed by atoms with E-state index in [0.29, 0.717) is 18.4 Å². The summed E-state index contributed by atoms with van der Waals surface area (Å²) in [5.74, 6) is 0.895. The first kappa shape index (κ1) is 18.8. The molecule has 0 bridgehead atoms. The van der Waals surface area contributed by atoms with E-state index in [0.717, 1.165) is 6.54 Å². The lowest BCUT2D eigenvalue weighted by atomic mass is 9.83. The maximum absolute atomic E-state index is 13.1. The number of piperidine rings is 2. The molecule has 2 aliphatic rings. The zero-order valence-corrected chi connectivity index (χ0v) is 17.1. The van der Waals surface area contributed by atoms with Crippen LogP contribution in [0.3, 0.4) is 0 Å². The second-order valence-corrected chi connectivity index (χ2v) is 8.96. The zero-order chi connectivity index (χ0) is 18.6. The van der Waals surface area contributed by atoms with Crippen LogP contribution in [0, 0.1) is 5.92 Å². The molecule has 146 valence electrons. The summed E-state index contributed by atoms with van der Waals surface area (Å²) >= 11 is 1.70. The molecule has 0 radical (unpaired) electrons. The van der Waals surface area contributed by atoms with Crippen LogP contribution in [0.2, 0.25) is 0 Å². The van der Waals surface area contributed by atoms with Gasteiger partial charge < -0.3 is 14.4 Å². The van der Waals surface area contributed by atoms with Crippen LogP contribution in [0.5, 0.6) is 0 Å². The Morgan fingerprint density at radius 2 is 2.04 bits per heavy atom. The van der Waals surface area contributed by atoms with Gasteiger partial charge in [-0.2, -0.15) is 11.3 Å². The van der Waals surface area contributed by atoms with Crippen LogP contribution in [-0.4, -0.2) is 53.0 Å². The third kappa shape index (κ3) is 4.30. The number of carbonyl (C=O) groups excluding carboxylic acids is 1. The third-order valence-corrected chi connectivity index (χ3v) is 7.15. The van der Waals surface area contributed by atoms with E-state index in [4.69, 9.17) is 0 Å². The van der Waals surface area contributed by atoms with E-state index >= 15 is 0 Å². The molecule has 4 nitrogen and oxygen atoms in total. The van der Waals surface area contributed by atoms with E-state index in [1.165, 1.54) is 50.8 Å². The molecule has 4 heterocycles. The predicted octanol–water partition coefficient (Wildman–Crippen LogP) is 4.25. The van der Waals surface area contributed by atoms with Gasteiger partial charge in [0.25, 0.3) is 0 Å². The lowest BCUT2D eigenvalue weighted by Gasteiger charge is -2.45. The molecular formula is C22H31N3OS. The molecule has 2 aliphatic heterocycles.